The van der Waals surface area contributed by atoms with Crippen LogP contribution in [0.3, 0.4) is 0 Å². The van der Waals surface area contributed by atoms with Crippen molar-refractivity contribution in [2.24, 2.45) is 0 Å². The van der Waals surface area contributed by atoms with Crippen LogP contribution in [0.2, 0.25) is 0 Å². The number of hydrogen-bond acceptors (Lipinski definition) is 2. The average Bonchev–Trinajstić information content (AvgIpc) is 0.722. The molecule has 40 valence electrons. The van der Waals surface area contributed by atoms with Gasteiger partial charge in [-0.3, -0.25) is 9.11 Å². The Morgan fingerprint density at radius 3 is 1.17 bits per heavy atom. The van der Waals surface area contributed by atoms with Crippen molar-refractivity contribution >= 4 is 21.4 Å². The van der Waals surface area contributed by atoms with Crippen molar-refractivity contribution in [3.05, 3.63) is 0 Å². The van der Waals surface area contributed by atoms with Crippen molar-refractivity contribution in [3.8, 4) is 0 Å². The highest BCUT2D eigenvalue weighted by molar-refractivity contribution is 7.79. The first-order valence-corrected chi connectivity index (χ1v) is 2.10. The molecule has 0 aromatic carbocycles. The van der Waals surface area contributed by atoms with E-state index in [1.54, 1.807) is 0 Å². The van der Waals surface area contributed by atoms with Crippen molar-refractivity contribution in [2.45, 2.75) is 0 Å². The molecule has 0 aromatic heterocycles. The third kappa shape index (κ3) is 5160. The molecular weight excluding hydrogens is 124 g/mol. The van der Waals surface area contributed by atoms with Gasteiger partial charge in [0.2, 0.25) is 0 Å². The van der Waals surface area contributed by atoms with E-state index < -0.39 is 10.4 Å². The van der Waals surface area contributed by atoms with Crippen molar-refractivity contribution < 1.29 is 17.5 Å². The van der Waals surface area contributed by atoms with Gasteiger partial charge >= 0.3 is 10.4 Å². The molecule has 0 amide bonds. The standard InChI is InChI=1S/H2O4S.H4Si/c1-5(2,3)4;/h(H2,1,2,3,4);1H4. The van der Waals surface area contributed by atoms with Gasteiger partial charge in [-0.05, 0) is 11.0 Å². The maximum absolute atomic E-state index is 8.74. The highest BCUT2D eigenvalue weighted by Crippen LogP contribution is 1.59. The molecule has 0 aliphatic heterocycles. The molecule has 0 saturated heterocycles. The van der Waals surface area contributed by atoms with Gasteiger partial charge in [0, 0.05) is 0 Å². The smallest absolute Gasteiger partial charge is 0.264 e. The van der Waals surface area contributed by atoms with E-state index >= 15 is 0 Å². The van der Waals surface area contributed by atoms with Gasteiger partial charge < -0.3 is 0 Å². The van der Waals surface area contributed by atoms with Gasteiger partial charge in [-0.25, -0.2) is 0 Å². The Labute approximate surface area is 39.8 Å². The summed E-state index contributed by atoms with van der Waals surface area (Å²) in [6, 6.07) is 0. The molecule has 0 aromatic rings. The molecule has 0 rings (SSSR count). The first kappa shape index (κ1) is 9.43. The fourth-order valence-corrected chi connectivity index (χ4v) is 0. The lowest BCUT2D eigenvalue weighted by Gasteiger charge is -1.68. The maximum atomic E-state index is 8.74. The zero-order valence-corrected chi connectivity index (χ0v) is 2.94. The first-order valence-electron chi connectivity index (χ1n) is 0.698. The van der Waals surface area contributed by atoms with Gasteiger partial charge in [0.25, 0.3) is 0 Å². The second-order valence-electron chi connectivity index (χ2n) is 0.448. The van der Waals surface area contributed by atoms with E-state index in [1.807, 2.05) is 0 Å². The summed E-state index contributed by atoms with van der Waals surface area (Å²) in [5.41, 5.74) is 0. The van der Waals surface area contributed by atoms with Gasteiger partial charge in [-0.15, -0.1) is 0 Å². The first-order chi connectivity index (χ1) is 2.00. The summed E-state index contributed by atoms with van der Waals surface area (Å²) in [5.74, 6) is 0. The molecule has 0 saturated carbocycles. The van der Waals surface area contributed by atoms with Crippen molar-refractivity contribution in [1.29, 1.82) is 0 Å². The van der Waals surface area contributed by atoms with E-state index in [2.05, 4.69) is 0 Å². The minimum atomic E-state index is -4.67. The van der Waals surface area contributed by atoms with E-state index in [-0.39, 0.29) is 11.0 Å². The topological polar surface area (TPSA) is 74.6 Å². The Morgan fingerprint density at radius 2 is 1.17 bits per heavy atom. The van der Waals surface area contributed by atoms with Crippen LogP contribution in [0, 0.1) is 0 Å². The SMILES string of the molecule is O=S(=O)(O)O.[SiH4]. The second-order valence-corrected chi connectivity index (χ2v) is 1.34. The lowest BCUT2D eigenvalue weighted by Crippen LogP contribution is -1.89. The largest absolute Gasteiger partial charge is 0.394 e. The number of hydrogen-bond donors (Lipinski definition) is 2. The third-order valence-electron chi connectivity index (χ3n) is 0. The highest BCUT2D eigenvalue weighted by Gasteiger charge is 1.84. The molecule has 0 aliphatic rings. The van der Waals surface area contributed by atoms with Gasteiger partial charge in [-0.2, -0.15) is 8.42 Å². The quantitative estimate of drug-likeness (QED) is 0.291. The van der Waals surface area contributed by atoms with Crippen LogP contribution in [0.5, 0.6) is 0 Å². The van der Waals surface area contributed by atoms with E-state index in [4.69, 9.17) is 17.5 Å². The molecule has 0 atom stereocenters. The minimum Gasteiger partial charge on any atom is -0.264 e. The van der Waals surface area contributed by atoms with Gasteiger partial charge in [0.15, 0.2) is 0 Å². The minimum absolute atomic E-state index is 0. The van der Waals surface area contributed by atoms with Crippen molar-refractivity contribution in [1.82, 2.24) is 0 Å². The predicted octanol–water partition coefficient (Wildman–Crippen LogP) is -2.10. The summed E-state index contributed by atoms with van der Waals surface area (Å²) in [5, 5.41) is 0. The Hall–Kier alpha value is 0.0869. The van der Waals surface area contributed by atoms with Crippen molar-refractivity contribution in [3.63, 3.8) is 0 Å². The fraction of sp³-hybridized carbons (Fsp3) is 0. The maximum Gasteiger partial charge on any atom is 0.394 e. The van der Waals surface area contributed by atoms with Crippen LogP contribution in [0.4, 0.5) is 0 Å². The summed E-state index contributed by atoms with van der Waals surface area (Å²) in [4.78, 5) is 0. The lowest BCUT2D eigenvalue weighted by atomic mass is 15.8. The fourth-order valence-electron chi connectivity index (χ4n) is 0. The summed E-state index contributed by atoms with van der Waals surface area (Å²) in [7, 11) is -4.67. The summed E-state index contributed by atoms with van der Waals surface area (Å²) in [6.45, 7) is 0. The van der Waals surface area contributed by atoms with E-state index in [0.29, 0.717) is 0 Å². The van der Waals surface area contributed by atoms with E-state index in [0.717, 1.165) is 0 Å². The average molecular weight is 130 g/mol. The molecule has 0 spiro atoms. The van der Waals surface area contributed by atoms with Crippen LogP contribution in [-0.4, -0.2) is 28.5 Å². The molecule has 6 heteroatoms. The normalized spacial score (nSPS) is 9.67. The molecular formula is H6O4SSi. The van der Waals surface area contributed by atoms with Crippen molar-refractivity contribution in [2.75, 3.05) is 0 Å². The monoisotopic (exact) mass is 130 g/mol. The van der Waals surface area contributed by atoms with E-state index in [9.17, 15) is 0 Å². The van der Waals surface area contributed by atoms with Crippen LogP contribution in [-0.2, 0) is 10.4 Å². The zero-order chi connectivity index (χ0) is 4.50. The van der Waals surface area contributed by atoms with Crippen LogP contribution in [0.15, 0.2) is 0 Å². The van der Waals surface area contributed by atoms with Crippen LogP contribution in [0.25, 0.3) is 0 Å². The molecule has 0 fully saturated rings. The molecule has 0 heterocycles. The number of rotatable bonds is 0. The molecule has 0 radical (unpaired) electrons. The summed E-state index contributed by atoms with van der Waals surface area (Å²) in [6.07, 6.45) is 0. The second kappa shape index (κ2) is 2.29. The Morgan fingerprint density at radius 1 is 1.17 bits per heavy atom. The summed E-state index contributed by atoms with van der Waals surface area (Å²) < 4.78 is 31.6. The molecule has 0 bridgehead atoms. The molecule has 2 N–H and O–H groups in total. The molecule has 4 nitrogen and oxygen atoms in total. The van der Waals surface area contributed by atoms with Gasteiger partial charge in [0.05, 0.1) is 0 Å². The van der Waals surface area contributed by atoms with Crippen LogP contribution >= 0.6 is 0 Å². The van der Waals surface area contributed by atoms with Gasteiger partial charge in [0.1, 0.15) is 0 Å². The Kier molecular flexibility index (Phi) is 3.60. The molecule has 6 heavy (non-hydrogen) atoms. The van der Waals surface area contributed by atoms with Crippen LogP contribution < -0.4 is 0 Å². The van der Waals surface area contributed by atoms with Crippen LogP contribution in [0.1, 0.15) is 0 Å². The Bertz CT molecular complexity index is 90.7. The molecule has 0 aliphatic carbocycles. The Balaban J connectivity index is 0. The van der Waals surface area contributed by atoms with Gasteiger partial charge in [-0.1, -0.05) is 0 Å². The highest BCUT2D eigenvalue weighted by atomic mass is 32.3. The molecule has 0 unspecified atom stereocenters. The predicted molar refractivity (Wildman–Crippen MR) is 25.5 cm³/mol. The summed E-state index contributed by atoms with van der Waals surface area (Å²) >= 11 is 0. The zero-order valence-electron chi connectivity index (χ0n) is 2.12. The lowest BCUT2D eigenvalue weighted by molar-refractivity contribution is 0.381. The third-order valence-corrected chi connectivity index (χ3v) is 0. The van der Waals surface area contributed by atoms with E-state index in [1.165, 1.54) is 0 Å².